The van der Waals surface area contributed by atoms with Gasteiger partial charge in [0.25, 0.3) is 0 Å². The van der Waals surface area contributed by atoms with E-state index in [1.54, 1.807) is 4.57 Å². The number of piperazine rings is 1. The first-order valence-electron chi connectivity index (χ1n) is 14.4. The highest BCUT2D eigenvalue weighted by Crippen LogP contribution is 2.35. The van der Waals surface area contributed by atoms with Gasteiger partial charge in [0, 0.05) is 44.7 Å². The molecule has 2 saturated carbocycles. The predicted octanol–water partition coefficient (Wildman–Crippen LogP) is 2.96. The van der Waals surface area contributed by atoms with Gasteiger partial charge in [0.05, 0.1) is 11.6 Å². The van der Waals surface area contributed by atoms with Crippen molar-refractivity contribution in [3.63, 3.8) is 0 Å². The number of benzene rings is 1. The first-order valence-corrected chi connectivity index (χ1v) is 14.4. The predicted molar refractivity (Wildman–Crippen MR) is 149 cm³/mol. The molecule has 3 fully saturated rings. The van der Waals surface area contributed by atoms with E-state index >= 15 is 0 Å². The molecule has 38 heavy (non-hydrogen) atoms. The van der Waals surface area contributed by atoms with Crippen LogP contribution in [0.1, 0.15) is 57.8 Å². The molecular weight excluding hydrogens is 478 g/mol. The molecule has 9 nitrogen and oxygen atoms in total. The van der Waals surface area contributed by atoms with Gasteiger partial charge in [0.15, 0.2) is 0 Å². The van der Waals surface area contributed by atoms with Crippen LogP contribution in [0.5, 0.6) is 0 Å². The lowest BCUT2D eigenvalue weighted by atomic mass is 9.92. The number of carbonyl (C=O) groups excluding carboxylic acids is 1. The monoisotopic (exact) mass is 519 g/mol. The van der Waals surface area contributed by atoms with Crippen molar-refractivity contribution in [2.75, 3.05) is 45.1 Å². The number of carbonyl (C=O) groups is 1. The second-order valence-electron chi connectivity index (χ2n) is 11.5. The standard InChI is InChI=1S/C29H41N7O2/c1-34-14-16-35(17-15-34)18-19-36-25-11-7-6-10-23(25)26(32-28(36)38)31-24(20-22-8-4-2-3-5-9-22)27(37)33-29(21-30)12-13-29/h6-7,10-11,22,24H,2-5,8-9,12-20H2,1H3,(H,33,37)(H,31,32,38)/t24-/m0/s1. The third-order valence-corrected chi connectivity index (χ3v) is 8.62. The molecule has 0 radical (unpaired) electrons. The van der Waals surface area contributed by atoms with Crippen molar-refractivity contribution in [2.45, 2.75) is 75.9 Å². The van der Waals surface area contributed by atoms with Crippen molar-refractivity contribution < 1.29 is 4.79 Å². The number of hydrogen-bond donors (Lipinski definition) is 2. The van der Waals surface area contributed by atoms with E-state index in [2.05, 4.69) is 38.5 Å². The molecular formula is C29H41N7O2. The minimum absolute atomic E-state index is 0.168. The molecule has 1 aliphatic heterocycles. The van der Waals surface area contributed by atoms with Gasteiger partial charge in [-0.2, -0.15) is 10.2 Å². The number of rotatable bonds is 9. The van der Waals surface area contributed by atoms with Gasteiger partial charge >= 0.3 is 5.69 Å². The molecule has 0 bridgehead atoms. The van der Waals surface area contributed by atoms with E-state index in [0.29, 0.717) is 37.5 Å². The topological polar surface area (TPSA) is 106 Å². The Balaban J connectivity index is 1.38. The van der Waals surface area contributed by atoms with E-state index in [1.807, 2.05) is 24.3 Å². The second-order valence-corrected chi connectivity index (χ2v) is 11.5. The van der Waals surface area contributed by atoms with E-state index in [9.17, 15) is 14.9 Å². The molecule has 2 aromatic rings. The van der Waals surface area contributed by atoms with Crippen molar-refractivity contribution in [1.29, 1.82) is 5.26 Å². The van der Waals surface area contributed by atoms with Crippen LogP contribution in [0, 0.1) is 17.2 Å². The lowest BCUT2D eigenvalue weighted by molar-refractivity contribution is -0.122. The van der Waals surface area contributed by atoms with Crippen LogP contribution >= 0.6 is 0 Å². The van der Waals surface area contributed by atoms with Crippen LogP contribution < -0.4 is 16.3 Å². The van der Waals surface area contributed by atoms with E-state index < -0.39 is 11.6 Å². The van der Waals surface area contributed by atoms with Gasteiger partial charge in [-0.05, 0) is 44.4 Å². The normalized spacial score (nSPS) is 21.4. The molecule has 3 aliphatic rings. The summed E-state index contributed by atoms with van der Waals surface area (Å²) in [6.45, 7) is 5.45. The maximum absolute atomic E-state index is 13.5. The summed E-state index contributed by atoms with van der Waals surface area (Å²) in [5.41, 5.74) is -0.208. The first kappa shape index (κ1) is 26.6. The summed E-state index contributed by atoms with van der Waals surface area (Å²) >= 11 is 0. The molecule has 1 aromatic carbocycles. The average Bonchev–Trinajstić information content (AvgIpc) is 3.73. The van der Waals surface area contributed by atoms with Crippen LogP contribution in [0.2, 0.25) is 0 Å². The molecule has 0 unspecified atom stereocenters. The number of para-hydroxylation sites is 1. The highest BCUT2D eigenvalue weighted by Gasteiger charge is 2.45. The second kappa shape index (κ2) is 11.8. The maximum atomic E-state index is 13.5. The van der Waals surface area contributed by atoms with Crippen molar-refractivity contribution >= 4 is 22.6 Å². The number of nitrogens with one attached hydrogen (secondary N) is 2. The Bertz CT molecular complexity index is 1220. The molecule has 2 heterocycles. The first-order chi connectivity index (χ1) is 18.5. The van der Waals surface area contributed by atoms with Crippen LogP contribution in [0.15, 0.2) is 29.1 Å². The number of aromatic nitrogens is 2. The molecule has 9 heteroatoms. The maximum Gasteiger partial charge on any atom is 0.350 e. The number of amides is 1. The van der Waals surface area contributed by atoms with Gasteiger partial charge in [-0.1, -0.05) is 50.7 Å². The molecule has 0 spiro atoms. The summed E-state index contributed by atoms with van der Waals surface area (Å²) in [5.74, 6) is 0.726. The molecule has 1 amide bonds. The summed E-state index contributed by atoms with van der Waals surface area (Å²) in [4.78, 5) is 35.9. The molecule has 1 saturated heterocycles. The number of fused-ring (bicyclic) bond motifs is 1. The minimum Gasteiger partial charge on any atom is -0.358 e. The van der Waals surface area contributed by atoms with Gasteiger partial charge in [-0.3, -0.25) is 14.3 Å². The van der Waals surface area contributed by atoms with Crippen molar-refractivity contribution in [2.24, 2.45) is 5.92 Å². The zero-order valence-corrected chi connectivity index (χ0v) is 22.6. The van der Waals surface area contributed by atoms with Crippen LogP contribution in [-0.2, 0) is 11.3 Å². The molecule has 2 aliphatic carbocycles. The van der Waals surface area contributed by atoms with Crippen molar-refractivity contribution in [3.05, 3.63) is 34.7 Å². The third kappa shape index (κ3) is 6.36. The smallest absolute Gasteiger partial charge is 0.350 e. The summed E-state index contributed by atoms with van der Waals surface area (Å²) < 4.78 is 1.76. The molecule has 5 rings (SSSR count). The molecule has 1 aromatic heterocycles. The third-order valence-electron chi connectivity index (χ3n) is 8.62. The highest BCUT2D eigenvalue weighted by molar-refractivity contribution is 5.92. The van der Waals surface area contributed by atoms with E-state index in [0.717, 1.165) is 56.5 Å². The number of nitriles is 1. The van der Waals surface area contributed by atoms with E-state index in [4.69, 9.17) is 0 Å². The fourth-order valence-electron chi connectivity index (χ4n) is 5.91. The van der Waals surface area contributed by atoms with E-state index in [-0.39, 0.29) is 11.6 Å². The average molecular weight is 520 g/mol. The SMILES string of the molecule is CN1CCN(CCn2c(=O)nc(N[C@@H](CC3CCCCCC3)C(=O)NC3(C#N)CC3)c3ccccc32)CC1. The van der Waals surface area contributed by atoms with Gasteiger partial charge in [-0.15, -0.1) is 0 Å². The van der Waals surface area contributed by atoms with Crippen LogP contribution in [0.25, 0.3) is 10.9 Å². The largest absolute Gasteiger partial charge is 0.358 e. The van der Waals surface area contributed by atoms with Gasteiger partial charge < -0.3 is 15.5 Å². The molecule has 1 atom stereocenters. The van der Waals surface area contributed by atoms with Crippen LogP contribution in [0.3, 0.4) is 0 Å². The summed E-state index contributed by atoms with van der Waals surface area (Å²) in [5, 5.41) is 16.8. The Morgan fingerprint density at radius 3 is 2.50 bits per heavy atom. The van der Waals surface area contributed by atoms with Gasteiger partial charge in [0.2, 0.25) is 5.91 Å². The number of nitrogens with zero attached hydrogens (tertiary/aromatic N) is 5. The Morgan fingerprint density at radius 2 is 1.82 bits per heavy atom. The summed E-state index contributed by atoms with van der Waals surface area (Å²) in [6.07, 6.45) is 9.14. The molecule has 204 valence electrons. The fraction of sp³-hybridized carbons (Fsp3) is 0.655. The number of likely N-dealkylation sites (N-methyl/N-ethyl adjacent to an activating group) is 1. The lowest BCUT2D eigenvalue weighted by Gasteiger charge is -2.32. The highest BCUT2D eigenvalue weighted by atomic mass is 16.2. The van der Waals surface area contributed by atoms with Gasteiger partial charge in [0.1, 0.15) is 17.4 Å². The summed E-state index contributed by atoms with van der Waals surface area (Å²) in [6, 6.07) is 9.54. The Hall–Kier alpha value is -2.96. The van der Waals surface area contributed by atoms with Gasteiger partial charge in [-0.25, -0.2) is 4.79 Å². The van der Waals surface area contributed by atoms with E-state index in [1.165, 1.54) is 25.7 Å². The zero-order valence-electron chi connectivity index (χ0n) is 22.6. The number of anilines is 1. The zero-order chi connectivity index (χ0) is 26.5. The Kier molecular flexibility index (Phi) is 8.29. The lowest BCUT2D eigenvalue weighted by Crippen LogP contribution is -2.47. The van der Waals surface area contributed by atoms with Crippen molar-refractivity contribution in [1.82, 2.24) is 24.7 Å². The minimum atomic E-state index is -0.734. The van der Waals surface area contributed by atoms with Crippen LogP contribution in [-0.4, -0.2) is 76.6 Å². The number of hydrogen-bond acceptors (Lipinski definition) is 7. The molecule has 2 N–H and O–H groups in total. The summed E-state index contributed by atoms with van der Waals surface area (Å²) in [7, 11) is 2.14. The quantitative estimate of drug-likeness (QED) is 0.491. The van der Waals surface area contributed by atoms with Crippen molar-refractivity contribution in [3.8, 4) is 6.07 Å². The fourth-order valence-corrected chi connectivity index (χ4v) is 5.91. The Morgan fingerprint density at radius 1 is 1.11 bits per heavy atom. The Labute approximate surface area is 225 Å². The van der Waals surface area contributed by atoms with Crippen LogP contribution in [0.4, 0.5) is 5.82 Å².